The first-order valence-electron chi connectivity index (χ1n) is 12.4. The van der Waals surface area contributed by atoms with Gasteiger partial charge in [0.05, 0.1) is 25.1 Å². The van der Waals surface area contributed by atoms with Gasteiger partial charge in [-0.3, -0.25) is 19.0 Å². The van der Waals surface area contributed by atoms with Crippen LogP contribution in [0.4, 0.5) is 5.82 Å². The Hall–Kier alpha value is -3.91. The third kappa shape index (κ3) is 4.60. The van der Waals surface area contributed by atoms with Crippen molar-refractivity contribution < 1.29 is 14.3 Å². The van der Waals surface area contributed by atoms with Gasteiger partial charge in [-0.15, -0.1) is 0 Å². The molecule has 0 bridgehead atoms. The van der Waals surface area contributed by atoms with Crippen molar-refractivity contribution in [2.24, 2.45) is 11.3 Å². The molecule has 2 atom stereocenters. The van der Waals surface area contributed by atoms with Gasteiger partial charge in [-0.2, -0.15) is 0 Å². The fourth-order valence-electron chi connectivity index (χ4n) is 5.49. The molecule has 196 valence electrons. The number of ether oxygens (including phenoxy) is 1. The molecule has 1 aromatic heterocycles. The monoisotopic (exact) mass is 533 g/mol. The molecule has 0 unspecified atom stereocenters. The summed E-state index contributed by atoms with van der Waals surface area (Å²) in [5.41, 5.74) is 0.776. The zero-order valence-electron chi connectivity index (χ0n) is 21.4. The first-order chi connectivity index (χ1) is 18.1. The van der Waals surface area contributed by atoms with Gasteiger partial charge in [0.1, 0.15) is 18.1 Å². The molecule has 1 N–H and O–H groups in total. The quantitative estimate of drug-likeness (QED) is 0.499. The van der Waals surface area contributed by atoms with E-state index in [4.69, 9.17) is 16.3 Å². The lowest BCUT2D eigenvalue weighted by Gasteiger charge is -2.41. The number of carbonyl (C=O) groups is 2. The van der Waals surface area contributed by atoms with Gasteiger partial charge in [0.2, 0.25) is 0 Å². The van der Waals surface area contributed by atoms with Gasteiger partial charge in [0, 0.05) is 23.1 Å². The molecular formula is C29H28ClN3O5. The van der Waals surface area contributed by atoms with Crippen LogP contribution in [-0.4, -0.2) is 28.0 Å². The number of hydrogen-bond donors (Lipinski definition) is 1. The molecule has 8 nitrogen and oxygen atoms in total. The second-order valence-corrected chi connectivity index (χ2v) is 10.9. The van der Waals surface area contributed by atoms with Crippen LogP contribution in [0, 0.1) is 11.3 Å². The van der Waals surface area contributed by atoms with Crippen LogP contribution in [0.2, 0.25) is 5.02 Å². The summed E-state index contributed by atoms with van der Waals surface area (Å²) in [6.45, 7) is 3.57. The van der Waals surface area contributed by atoms with Crippen LogP contribution in [0.5, 0.6) is 0 Å². The van der Waals surface area contributed by atoms with E-state index >= 15 is 0 Å². The Kier molecular flexibility index (Phi) is 6.61. The van der Waals surface area contributed by atoms with Gasteiger partial charge in [-0.1, -0.05) is 74.0 Å². The molecular weight excluding hydrogens is 506 g/mol. The van der Waals surface area contributed by atoms with Crippen molar-refractivity contribution in [2.45, 2.75) is 39.3 Å². The van der Waals surface area contributed by atoms with Gasteiger partial charge in [0.15, 0.2) is 0 Å². The van der Waals surface area contributed by atoms with E-state index in [-0.39, 0.29) is 17.9 Å². The maximum Gasteiger partial charge on any atom is 0.333 e. The van der Waals surface area contributed by atoms with Crippen molar-refractivity contribution in [1.29, 1.82) is 0 Å². The number of ketones is 1. The number of aromatic nitrogens is 2. The summed E-state index contributed by atoms with van der Waals surface area (Å²) >= 11 is 6.17. The Balaban J connectivity index is 1.84. The van der Waals surface area contributed by atoms with Crippen molar-refractivity contribution in [2.75, 3.05) is 12.4 Å². The van der Waals surface area contributed by atoms with E-state index in [2.05, 4.69) is 5.32 Å². The fraction of sp³-hybridized carbons (Fsp3) is 0.310. The molecule has 0 spiro atoms. The van der Waals surface area contributed by atoms with E-state index in [1.807, 2.05) is 50.3 Å². The van der Waals surface area contributed by atoms with E-state index in [1.165, 1.54) is 11.7 Å². The lowest BCUT2D eigenvalue weighted by Crippen LogP contribution is -2.49. The summed E-state index contributed by atoms with van der Waals surface area (Å²) in [4.78, 5) is 53.6. The van der Waals surface area contributed by atoms with Crippen molar-refractivity contribution in [1.82, 2.24) is 9.13 Å². The minimum Gasteiger partial charge on any atom is -0.468 e. The van der Waals surface area contributed by atoms with Gasteiger partial charge in [-0.05, 0) is 28.7 Å². The zero-order chi connectivity index (χ0) is 27.2. The Morgan fingerprint density at radius 1 is 1.03 bits per heavy atom. The lowest BCUT2D eigenvalue weighted by atomic mass is 9.67. The molecule has 5 rings (SSSR count). The third-order valence-electron chi connectivity index (χ3n) is 7.16. The number of hydrogen-bond acceptors (Lipinski definition) is 6. The molecule has 9 heteroatoms. The van der Waals surface area contributed by atoms with Crippen molar-refractivity contribution in [3.05, 3.63) is 109 Å². The number of Topliss-reactive ketones (excluding diaryl/α,β-unsaturated/α-hetero) is 1. The van der Waals surface area contributed by atoms with Gasteiger partial charge < -0.3 is 10.1 Å². The molecule has 0 fully saturated rings. The molecule has 0 radical (unpaired) electrons. The van der Waals surface area contributed by atoms with E-state index < -0.39 is 41.0 Å². The highest BCUT2D eigenvalue weighted by Crippen LogP contribution is 2.48. The number of rotatable bonds is 5. The average molecular weight is 534 g/mol. The molecule has 0 saturated carbocycles. The minimum absolute atomic E-state index is 0.00896. The summed E-state index contributed by atoms with van der Waals surface area (Å²) in [5, 5.41) is 3.83. The maximum absolute atomic E-state index is 14.0. The van der Waals surface area contributed by atoms with Crippen molar-refractivity contribution in [3.8, 4) is 0 Å². The number of fused-ring (bicyclic) bond motifs is 2. The van der Waals surface area contributed by atoms with E-state index in [0.717, 1.165) is 10.1 Å². The largest absolute Gasteiger partial charge is 0.468 e. The number of allylic oxidation sites excluding steroid dienone is 2. The minimum atomic E-state index is -0.724. The summed E-state index contributed by atoms with van der Waals surface area (Å²) in [6.07, 6.45) is 2.32. The topological polar surface area (TPSA) is 99.4 Å². The molecule has 2 aromatic carbocycles. The number of esters is 1. The summed E-state index contributed by atoms with van der Waals surface area (Å²) < 4.78 is 7.13. The highest BCUT2D eigenvalue weighted by atomic mass is 35.5. The fourth-order valence-corrected chi connectivity index (χ4v) is 5.61. The molecule has 3 aromatic rings. The molecule has 1 aliphatic carbocycles. The van der Waals surface area contributed by atoms with Crippen molar-refractivity contribution in [3.63, 3.8) is 0 Å². The number of nitrogens with one attached hydrogen (secondary N) is 1. The molecule has 2 heterocycles. The number of anilines is 1. The maximum atomic E-state index is 14.0. The first-order valence-corrected chi connectivity index (χ1v) is 12.7. The average Bonchev–Trinajstić information content (AvgIpc) is 2.88. The number of methoxy groups -OCH3 is 1. The van der Waals surface area contributed by atoms with Gasteiger partial charge in [-0.25, -0.2) is 9.36 Å². The normalized spacial score (nSPS) is 19.6. The third-order valence-corrected chi connectivity index (χ3v) is 7.41. The molecule has 0 amide bonds. The van der Waals surface area contributed by atoms with E-state index in [1.54, 1.807) is 24.3 Å². The van der Waals surface area contributed by atoms with Crippen LogP contribution in [0.3, 0.4) is 0 Å². The number of nitrogens with zero attached hydrogens (tertiary/aromatic N) is 2. The SMILES string of the molecule is COC(=O)Cn1c(=O)c2c(n(Cc3ccccc3)c1=O)NC1=CC(C)(C)CC(=O)[C@H]1[C@@H]2c1ccc(Cl)cc1. The predicted octanol–water partition coefficient (Wildman–Crippen LogP) is 3.94. The molecule has 2 aliphatic rings. The van der Waals surface area contributed by atoms with Crippen molar-refractivity contribution >= 4 is 29.2 Å². The van der Waals surface area contributed by atoms with Crippen LogP contribution < -0.4 is 16.6 Å². The summed E-state index contributed by atoms with van der Waals surface area (Å²) in [7, 11) is 1.20. The van der Waals surface area contributed by atoms with Gasteiger partial charge in [0.25, 0.3) is 5.56 Å². The predicted molar refractivity (Wildman–Crippen MR) is 144 cm³/mol. The van der Waals surface area contributed by atoms with Crippen LogP contribution in [0.15, 0.2) is 76.0 Å². The van der Waals surface area contributed by atoms with Gasteiger partial charge >= 0.3 is 11.7 Å². The second kappa shape index (κ2) is 9.76. The highest BCUT2D eigenvalue weighted by Gasteiger charge is 2.46. The molecule has 0 saturated heterocycles. The van der Waals surface area contributed by atoms with E-state index in [9.17, 15) is 19.2 Å². The van der Waals surface area contributed by atoms with Crippen LogP contribution >= 0.6 is 11.6 Å². The summed E-state index contributed by atoms with van der Waals surface area (Å²) in [6, 6.07) is 16.4. The van der Waals surface area contributed by atoms with Crippen LogP contribution in [0.1, 0.15) is 42.9 Å². The van der Waals surface area contributed by atoms with Crippen LogP contribution in [0.25, 0.3) is 0 Å². The second-order valence-electron chi connectivity index (χ2n) is 10.4. The number of benzene rings is 2. The number of halogens is 1. The van der Waals surface area contributed by atoms with E-state index in [0.29, 0.717) is 28.5 Å². The summed E-state index contributed by atoms with van der Waals surface area (Å²) in [5.74, 6) is -1.75. The molecule has 38 heavy (non-hydrogen) atoms. The first kappa shape index (κ1) is 25.7. The molecule has 1 aliphatic heterocycles. The Labute approximate surface area is 224 Å². The smallest absolute Gasteiger partial charge is 0.333 e. The number of carbonyl (C=O) groups excluding carboxylic acids is 2. The zero-order valence-corrected chi connectivity index (χ0v) is 22.1. The lowest BCUT2D eigenvalue weighted by molar-refractivity contribution is -0.141. The standard InChI is InChI=1S/C29H28ClN3O5/c1-29(2)13-20-24(21(34)14-29)23(18-9-11-19(30)12-10-18)25-26(31-20)32(15-17-7-5-4-6-8-17)28(37)33(27(25)36)16-22(35)38-3/h4-13,23-24,31H,14-16H2,1-3H3/t23-,24-/m0/s1. The Morgan fingerprint density at radius 2 is 1.71 bits per heavy atom. The highest BCUT2D eigenvalue weighted by molar-refractivity contribution is 6.30. The van der Waals surface area contributed by atoms with Crippen LogP contribution in [-0.2, 0) is 27.4 Å². The Morgan fingerprint density at radius 3 is 2.37 bits per heavy atom. The Bertz CT molecular complexity index is 1570.